The van der Waals surface area contributed by atoms with Gasteiger partial charge in [0.2, 0.25) is 10.0 Å². The van der Waals surface area contributed by atoms with Gasteiger partial charge in [0.1, 0.15) is 0 Å². The number of amides is 1. The fraction of sp³-hybridized carbons (Fsp3) is 0.632. The number of hydrogen-bond acceptors (Lipinski definition) is 3. The molecule has 7 heteroatoms. The largest absolute Gasteiger partial charge is 0.345 e. The maximum atomic E-state index is 12.5. The molecule has 1 saturated heterocycles. The number of carbonyl (C=O) groups excluding carboxylic acids is 1. The monoisotopic (exact) mass is 380 g/mol. The number of rotatable bonds is 5. The van der Waals surface area contributed by atoms with E-state index in [2.05, 4.69) is 5.32 Å². The van der Waals surface area contributed by atoms with E-state index in [0.29, 0.717) is 12.6 Å². The molecule has 26 heavy (non-hydrogen) atoms. The molecule has 1 amide bonds. The lowest BCUT2D eigenvalue weighted by Gasteiger charge is -2.40. The normalized spacial score (nSPS) is 27.4. The highest BCUT2D eigenvalue weighted by Gasteiger charge is 2.37. The minimum absolute atomic E-state index is 0.0641. The summed E-state index contributed by atoms with van der Waals surface area (Å²) in [6, 6.07) is 6.85. The van der Waals surface area contributed by atoms with Crippen LogP contribution in [-0.2, 0) is 14.8 Å². The maximum absolute atomic E-state index is 12.5. The van der Waals surface area contributed by atoms with Crippen molar-refractivity contribution >= 4 is 15.9 Å². The van der Waals surface area contributed by atoms with Gasteiger partial charge in [-0.25, -0.2) is 13.6 Å². The first kappa shape index (κ1) is 19.3. The van der Waals surface area contributed by atoms with E-state index in [1.54, 1.807) is 12.1 Å². The van der Waals surface area contributed by atoms with Crippen molar-refractivity contribution in [1.82, 2.24) is 5.32 Å². The maximum Gasteiger partial charge on any atom is 0.275 e. The lowest BCUT2D eigenvalue weighted by molar-refractivity contribution is -0.928. The molecular formula is C19H30N3O3S+. The van der Waals surface area contributed by atoms with Crippen LogP contribution in [0, 0.1) is 5.92 Å². The van der Waals surface area contributed by atoms with Gasteiger partial charge < -0.3 is 10.2 Å². The van der Waals surface area contributed by atoms with Crippen LogP contribution in [0.4, 0.5) is 0 Å². The lowest BCUT2D eigenvalue weighted by Crippen LogP contribution is -3.18. The molecule has 0 radical (unpaired) electrons. The number of fused-ring (bicyclic) bond motifs is 1. The van der Waals surface area contributed by atoms with Crippen LogP contribution in [0.15, 0.2) is 29.2 Å². The Morgan fingerprint density at radius 3 is 2.54 bits per heavy atom. The Morgan fingerprint density at radius 2 is 1.85 bits per heavy atom. The predicted molar refractivity (Wildman–Crippen MR) is 100 cm³/mol. The van der Waals surface area contributed by atoms with E-state index >= 15 is 0 Å². The molecule has 2 fully saturated rings. The first-order valence-electron chi connectivity index (χ1n) is 9.61. The van der Waals surface area contributed by atoms with Crippen molar-refractivity contribution in [3.05, 3.63) is 29.8 Å². The average molecular weight is 381 g/mol. The fourth-order valence-electron chi connectivity index (χ4n) is 4.62. The summed E-state index contributed by atoms with van der Waals surface area (Å²) in [5, 5.41) is 8.18. The van der Waals surface area contributed by atoms with Crippen molar-refractivity contribution in [2.24, 2.45) is 11.1 Å². The number of carbonyl (C=O) groups is 1. The molecule has 0 aromatic heterocycles. The van der Waals surface area contributed by atoms with Gasteiger partial charge in [-0.05, 0) is 56.7 Å². The highest BCUT2D eigenvalue weighted by Crippen LogP contribution is 2.28. The topological polar surface area (TPSA) is 93.7 Å². The summed E-state index contributed by atoms with van der Waals surface area (Å²) in [4.78, 5) is 14.1. The molecule has 1 unspecified atom stereocenters. The molecule has 1 aliphatic carbocycles. The van der Waals surface area contributed by atoms with Crippen molar-refractivity contribution in [2.75, 3.05) is 13.1 Å². The number of quaternary nitrogens is 1. The van der Waals surface area contributed by atoms with Crippen molar-refractivity contribution < 1.29 is 18.1 Å². The van der Waals surface area contributed by atoms with Gasteiger partial charge in [-0.2, -0.15) is 0 Å². The van der Waals surface area contributed by atoms with E-state index in [0.717, 1.165) is 18.0 Å². The van der Waals surface area contributed by atoms with Crippen LogP contribution in [0.25, 0.3) is 0 Å². The summed E-state index contributed by atoms with van der Waals surface area (Å²) in [6.45, 7) is 3.53. The van der Waals surface area contributed by atoms with Gasteiger partial charge in [-0.1, -0.05) is 18.6 Å². The van der Waals surface area contributed by atoms with Crippen LogP contribution in [0.5, 0.6) is 0 Å². The summed E-state index contributed by atoms with van der Waals surface area (Å²) >= 11 is 0. The zero-order valence-electron chi connectivity index (χ0n) is 15.4. The number of nitrogens with two attached hydrogens (primary N) is 1. The van der Waals surface area contributed by atoms with Crippen LogP contribution < -0.4 is 15.4 Å². The number of primary sulfonamides is 1. The number of likely N-dealkylation sites (tertiary alicyclic amines) is 1. The van der Waals surface area contributed by atoms with Gasteiger partial charge in [-0.3, -0.25) is 4.79 Å². The fourth-order valence-corrected chi connectivity index (χ4v) is 5.13. The van der Waals surface area contributed by atoms with E-state index in [9.17, 15) is 13.2 Å². The molecule has 0 bridgehead atoms. The zero-order chi connectivity index (χ0) is 18.7. The molecule has 1 aromatic rings. The third-order valence-corrected chi connectivity index (χ3v) is 6.91. The van der Waals surface area contributed by atoms with Gasteiger partial charge >= 0.3 is 0 Å². The van der Waals surface area contributed by atoms with Crippen molar-refractivity contribution in [2.45, 2.75) is 62.4 Å². The van der Waals surface area contributed by atoms with E-state index in [-0.39, 0.29) is 16.8 Å². The summed E-state index contributed by atoms with van der Waals surface area (Å²) in [6.07, 6.45) is 7.74. The van der Waals surface area contributed by atoms with Crippen LogP contribution in [-0.4, -0.2) is 33.5 Å². The summed E-state index contributed by atoms with van der Waals surface area (Å²) in [5.41, 5.74) is 0.870. The van der Waals surface area contributed by atoms with Crippen LogP contribution >= 0.6 is 0 Å². The summed E-state index contributed by atoms with van der Waals surface area (Å²) in [7, 11) is -3.69. The third-order valence-electron chi connectivity index (χ3n) is 5.98. The standard InChI is InChI=1S/C19H29N3O3S/c1-14(15-8-10-17(11-9-15)26(20,24)25)21-19(23)13-22-12-4-6-16-5-2-3-7-18(16)22/h8-11,14,16,18H,2-7,12-13H2,1H3,(H,21,23)(H2,20,24,25)/p+1/t14-,16+,18-/m0/s1. The van der Waals surface area contributed by atoms with E-state index < -0.39 is 10.0 Å². The minimum Gasteiger partial charge on any atom is -0.345 e. The SMILES string of the molecule is C[C@H](NC(=O)C[NH+]1CCC[C@H]2CCCC[C@@H]21)c1ccc(S(N)(=O)=O)cc1. The van der Waals surface area contributed by atoms with Gasteiger partial charge in [0.05, 0.1) is 23.5 Å². The Balaban J connectivity index is 1.57. The molecule has 2 aliphatic rings. The van der Waals surface area contributed by atoms with Gasteiger partial charge in [0.15, 0.2) is 6.54 Å². The smallest absolute Gasteiger partial charge is 0.275 e. The zero-order valence-corrected chi connectivity index (χ0v) is 16.2. The molecule has 1 aliphatic heterocycles. The Labute approximate surface area is 156 Å². The number of hydrogen-bond donors (Lipinski definition) is 3. The lowest BCUT2D eigenvalue weighted by atomic mass is 9.78. The third kappa shape index (κ3) is 4.64. The molecular weight excluding hydrogens is 350 g/mol. The first-order chi connectivity index (χ1) is 12.3. The Kier molecular flexibility index (Phi) is 5.99. The Bertz CT molecular complexity index is 731. The number of piperidine rings is 1. The molecule has 1 aromatic carbocycles. The number of benzene rings is 1. The first-order valence-corrected chi connectivity index (χ1v) is 11.2. The molecule has 3 rings (SSSR count). The van der Waals surface area contributed by atoms with E-state index in [4.69, 9.17) is 5.14 Å². The van der Waals surface area contributed by atoms with Crippen LogP contribution in [0.2, 0.25) is 0 Å². The van der Waals surface area contributed by atoms with Gasteiger partial charge in [0, 0.05) is 5.92 Å². The van der Waals surface area contributed by atoms with Crippen LogP contribution in [0.1, 0.15) is 57.1 Å². The minimum atomic E-state index is -3.69. The molecule has 4 N–H and O–H groups in total. The second-order valence-electron chi connectivity index (χ2n) is 7.78. The second-order valence-corrected chi connectivity index (χ2v) is 9.34. The molecule has 144 valence electrons. The Hall–Kier alpha value is -1.44. The van der Waals surface area contributed by atoms with Gasteiger partial charge in [-0.15, -0.1) is 0 Å². The molecule has 4 atom stereocenters. The molecule has 1 saturated carbocycles. The molecule has 1 heterocycles. The average Bonchev–Trinajstić information content (AvgIpc) is 2.61. The number of sulfonamides is 1. The highest BCUT2D eigenvalue weighted by atomic mass is 32.2. The van der Waals surface area contributed by atoms with Crippen LogP contribution in [0.3, 0.4) is 0 Å². The van der Waals surface area contributed by atoms with Crippen molar-refractivity contribution in [3.63, 3.8) is 0 Å². The number of nitrogens with one attached hydrogen (secondary N) is 2. The van der Waals surface area contributed by atoms with E-state index in [1.165, 1.54) is 55.6 Å². The van der Waals surface area contributed by atoms with E-state index in [1.807, 2.05) is 6.92 Å². The van der Waals surface area contributed by atoms with Gasteiger partial charge in [0.25, 0.3) is 5.91 Å². The summed E-state index contributed by atoms with van der Waals surface area (Å²) < 4.78 is 22.7. The van der Waals surface area contributed by atoms with Crippen molar-refractivity contribution in [1.29, 1.82) is 0 Å². The molecule has 6 nitrogen and oxygen atoms in total. The predicted octanol–water partition coefficient (Wildman–Crippen LogP) is 0.749. The highest BCUT2D eigenvalue weighted by molar-refractivity contribution is 7.89. The quantitative estimate of drug-likeness (QED) is 0.704. The second kappa shape index (κ2) is 8.06. The Morgan fingerprint density at radius 1 is 1.19 bits per heavy atom. The molecule has 0 spiro atoms. The summed E-state index contributed by atoms with van der Waals surface area (Å²) in [5.74, 6) is 0.859. The van der Waals surface area contributed by atoms with Crippen molar-refractivity contribution in [3.8, 4) is 0 Å².